The molecule has 1 heterocycles. The lowest BCUT2D eigenvalue weighted by Crippen LogP contribution is -2.44. The second kappa shape index (κ2) is 7.06. The highest BCUT2D eigenvalue weighted by Crippen LogP contribution is 2.23. The van der Waals surface area contributed by atoms with Crippen molar-refractivity contribution in [1.29, 1.82) is 0 Å². The van der Waals surface area contributed by atoms with Gasteiger partial charge in [-0.15, -0.1) is 0 Å². The van der Waals surface area contributed by atoms with Gasteiger partial charge < -0.3 is 5.73 Å². The fraction of sp³-hybridized carbons (Fsp3) is 0.647. The van der Waals surface area contributed by atoms with Crippen molar-refractivity contribution in [2.45, 2.75) is 52.1 Å². The number of aryl methyl sites for hydroxylation is 1. The van der Waals surface area contributed by atoms with Gasteiger partial charge in [-0.2, -0.15) is 0 Å². The Kier molecular flexibility index (Phi) is 5.41. The zero-order chi connectivity index (χ0) is 13.7. The largest absolute Gasteiger partial charge is 0.329 e. The Hall–Kier alpha value is -0.860. The number of hydrogen-bond donors (Lipinski definition) is 1. The highest BCUT2D eigenvalue weighted by Gasteiger charge is 2.24. The van der Waals surface area contributed by atoms with Gasteiger partial charge in [0.2, 0.25) is 0 Å². The predicted molar refractivity (Wildman–Crippen MR) is 82.1 cm³/mol. The minimum atomic E-state index is 0.533. The molecule has 0 aliphatic carbocycles. The van der Waals surface area contributed by atoms with Gasteiger partial charge in [-0.1, -0.05) is 44.5 Å². The molecule has 0 saturated heterocycles. The van der Waals surface area contributed by atoms with Gasteiger partial charge in [0, 0.05) is 19.1 Å². The summed E-state index contributed by atoms with van der Waals surface area (Å²) in [6, 6.07) is 9.42. The van der Waals surface area contributed by atoms with Gasteiger partial charge in [-0.3, -0.25) is 4.90 Å². The molecule has 1 aromatic rings. The fourth-order valence-electron chi connectivity index (χ4n) is 3.40. The molecule has 2 heteroatoms. The van der Waals surface area contributed by atoms with E-state index >= 15 is 0 Å². The summed E-state index contributed by atoms with van der Waals surface area (Å²) < 4.78 is 0. The Morgan fingerprint density at radius 1 is 1.26 bits per heavy atom. The van der Waals surface area contributed by atoms with E-state index in [1.165, 1.54) is 43.4 Å². The van der Waals surface area contributed by atoms with Crippen LogP contribution < -0.4 is 5.73 Å². The van der Waals surface area contributed by atoms with E-state index in [9.17, 15) is 0 Å². The number of rotatable bonds is 5. The summed E-state index contributed by atoms with van der Waals surface area (Å²) in [6.07, 6.45) is 5.00. The van der Waals surface area contributed by atoms with Crippen molar-refractivity contribution >= 4 is 0 Å². The van der Waals surface area contributed by atoms with E-state index in [4.69, 9.17) is 5.73 Å². The van der Waals surface area contributed by atoms with E-state index in [2.05, 4.69) is 43.0 Å². The Balaban J connectivity index is 2.12. The standard InChI is InChI=1S/C17H28N2/c1-3-7-14(2)17(12-18)19-11-6-10-15-8-4-5-9-16(15)13-19/h4-5,8-9,14,17H,3,6-7,10-13,18H2,1-2H3. The summed E-state index contributed by atoms with van der Waals surface area (Å²) >= 11 is 0. The summed E-state index contributed by atoms with van der Waals surface area (Å²) in [5.41, 5.74) is 9.10. The van der Waals surface area contributed by atoms with Crippen LogP contribution in [0.5, 0.6) is 0 Å². The van der Waals surface area contributed by atoms with Crippen LogP contribution in [-0.2, 0) is 13.0 Å². The number of nitrogens with zero attached hydrogens (tertiary/aromatic N) is 1. The molecule has 2 rings (SSSR count). The van der Waals surface area contributed by atoms with Gasteiger partial charge in [-0.25, -0.2) is 0 Å². The van der Waals surface area contributed by atoms with Crippen LogP contribution in [0.1, 0.15) is 44.2 Å². The minimum absolute atomic E-state index is 0.533. The Morgan fingerprint density at radius 3 is 2.68 bits per heavy atom. The highest BCUT2D eigenvalue weighted by molar-refractivity contribution is 5.28. The first-order chi connectivity index (χ1) is 9.26. The average molecular weight is 260 g/mol. The van der Waals surface area contributed by atoms with Crippen LogP contribution in [0.15, 0.2) is 24.3 Å². The second-order valence-corrected chi connectivity index (χ2v) is 5.91. The lowest BCUT2D eigenvalue weighted by atomic mass is 9.95. The van der Waals surface area contributed by atoms with Crippen LogP contribution in [0.4, 0.5) is 0 Å². The van der Waals surface area contributed by atoms with Crippen molar-refractivity contribution in [3.8, 4) is 0 Å². The smallest absolute Gasteiger partial charge is 0.0247 e. The molecule has 1 aliphatic heterocycles. The molecule has 0 saturated carbocycles. The molecule has 1 aliphatic rings. The lowest BCUT2D eigenvalue weighted by molar-refractivity contribution is 0.141. The summed E-state index contributed by atoms with van der Waals surface area (Å²) in [4.78, 5) is 2.62. The zero-order valence-electron chi connectivity index (χ0n) is 12.4. The molecular formula is C17H28N2. The van der Waals surface area contributed by atoms with Gasteiger partial charge >= 0.3 is 0 Å². The molecule has 0 spiro atoms. The van der Waals surface area contributed by atoms with Crippen molar-refractivity contribution in [3.05, 3.63) is 35.4 Å². The zero-order valence-corrected chi connectivity index (χ0v) is 12.4. The topological polar surface area (TPSA) is 29.3 Å². The van der Waals surface area contributed by atoms with Crippen LogP contribution in [0.3, 0.4) is 0 Å². The van der Waals surface area contributed by atoms with E-state index in [1.807, 2.05) is 0 Å². The molecule has 0 bridgehead atoms. The van der Waals surface area contributed by atoms with Gasteiger partial charge in [0.05, 0.1) is 0 Å². The maximum atomic E-state index is 6.06. The van der Waals surface area contributed by atoms with Crippen molar-refractivity contribution in [3.63, 3.8) is 0 Å². The van der Waals surface area contributed by atoms with Gasteiger partial charge in [0.25, 0.3) is 0 Å². The van der Waals surface area contributed by atoms with Gasteiger partial charge in [-0.05, 0) is 42.9 Å². The van der Waals surface area contributed by atoms with E-state index in [0.717, 1.165) is 13.1 Å². The monoisotopic (exact) mass is 260 g/mol. The molecule has 0 fully saturated rings. The highest BCUT2D eigenvalue weighted by atomic mass is 15.2. The molecule has 2 unspecified atom stereocenters. The van der Waals surface area contributed by atoms with Crippen molar-refractivity contribution in [1.82, 2.24) is 4.90 Å². The summed E-state index contributed by atoms with van der Waals surface area (Å²) in [5, 5.41) is 0. The van der Waals surface area contributed by atoms with Crippen LogP contribution in [0.2, 0.25) is 0 Å². The van der Waals surface area contributed by atoms with E-state index < -0.39 is 0 Å². The van der Waals surface area contributed by atoms with E-state index in [-0.39, 0.29) is 0 Å². The van der Waals surface area contributed by atoms with Crippen molar-refractivity contribution in [2.75, 3.05) is 13.1 Å². The van der Waals surface area contributed by atoms with Crippen LogP contribution in [-0.4, -0.2) is 24.0 Å². The Bertz CT molecular complexity index is 389. The van der Waals surface area contributed by atoms with E-state index in [0.29, 0.717) is 12.0 Å². The van der Waals surface area contributed by atoms with Crippen LogP contribution in [0.25, 0.3) is 0 Å². The molecule has 0 aromatic heterocycles. The minimum Gasteiger partial charge on any atom is -0.329 e. The van der Waals surface area contributed by atoms with Crippen molar-refractivity contribution < 1.29 is 0 Å². The first kappa shape index (κ1) is 14.5. The maximum absolute atomic E-state index is 6.06. The molecule has 106 valence electrons. The summed E-state index contributed by atoms with van der Waals surface area (Å²) in [7, 11) is 0. The Morgan fingerprint density at radius 2 is 2.00 bits per heavy atom. The number of nitrogens with two attached hydrogens (primary N) is 1. The fourth-order valence-corrected chi connectivity index (χ4v) is 3.40. The number of benzene rings is 1. The normalized spacial score (nSPS) is 19.5. The summed E-state index contributed by atoms with van der Waals surface area (Å²) in [6.45, 7) is 7.67. The molecule has 19 heavy (non-hydrogen) atoms. The third kappa shape index (κ3) is 3.58. The predicted octanol–water partition coefficient (Wildman–Crippen LogP) is 3.20. The van der Waals surface area contributed by atoms with Gasteiger partial charge in [0.15, 0.2) is 0 Å². The van der Waals surface area contributed by atoms with Gasteiger partial charge in [0.1, 0.15) is 0 Å². The molecule has 2 nitrogen and oxygen atoms in total. The first-order valence-electron chi connectivity index (χ1n) is 7.77. The molecule has 2 atom stereocenters. The second-order valence-electron chi connectivity index (χ2n) is 5.91. The first-order valence-corrected chi connectivity index (χ1v) is 7.77. The molecular weight excluding hydrogens is 232 g/mol. The SMILES string of the molecule is CCCC(C)C(CN)N1CCCc2ccccc2C1. The lowest BCUT2D eigenvalue weighted by Gasteiger charge is -2.34. The third-order valence-electron chi connectivity index (χ3n) is 4.49. The molecule has 0 radical (unpaired) electrons. The van der Waals surface area contributed by atoms with Crippen LogP contribution >= 0.6 is 0 Å². The average Bonchev–Trinajstić information content (AvgIpc) is 2.62. The van der Waals surface area contributed by atoms with Crippen molar-refractivity contribution in [2.24, 2.45) is 11.7 Å². The van der Waals surface area contributed by atoms with Crippen LogP contribution in [0, 0.1) is 5.92 Å². The Labute approximate surface area is 118 Å². The molecule has 2 N–H and O–H groups in total. The molecule has 0 amide bonds. The van der Waals surface area contributed by atoms with E-state index in [1.54, 1.807) is 0 Å². The number of hydrogen-bond acceptors (Lipinski definition) is 2. The maximum Gasteiger partial charge on any atom is 0.0247 e. The molecule has 1 aromatic carbocycles. The quantitative estimate of drug-likeness (QED) is 0.881. The summed E-state index contributed by atoms with van der Waals surface area (Å²) in [5.74, 6) is 0.695. The third-order valence-corrected chi connectivity index (χ3v) is 4.49. The number of fused-ring (bicyclic) bond motifs is 1.